The molecule has 2 rings (SSSR count). The van der Waals surface area contributed by atoms with Crippen molar-refractivity contribution in [2.24, 2.45) is 0 Å². The molecule has 10 heteroatoms. The SMILES string of the molecule is C=C1CCC[P+]1(CC(=O)O)c1ccccc1.F[P-](F)(F)(F)(F)F. The minimum atomic E-state index is -10.7. The van der Waals surface area contributed by atoms with Gasteiger partial charge in [0, 0.05) is 6.42 Å². The van der Waals surface area contributed by atoms with Gasteiger partial charge in [-0.1, -0.05) is 24.8 Å². The zero-order valence-corrected chi connectivity index (χ0v) is 13.7. The summed E-state index contributed by atoms with van der Waals surface area (Å²) in [4.78, 5) is 11.1. The van der Waals surface area contributed by atoms with Crippen LogP contribution in [0.2, 0.25) is 0 Å². The Morgan fingerprint density at radius 2 is 1.61 bits per heavy atom. The molecule has 1 N–H and O–H groups in total. The van der Waals surface area contributed by atoms with Crippen LogP contribution in [0, 0.1) is 0 Å². The molecule has 23 heavy (non-hydrogen) atoms. The van der Waals surface area contributed by atoms with E-state index in [2.05, 4.69) is 18.7 Å². The van der Waals surface area contributed by atoms with Crippen LogP contribution < -0.4 is 5.30 Å². The number of rotatable bonds is 3. The predicted octanol–water partition coefficient (Wildman–Crippen LogP) is 6.10. The van der Waals surface area contributed by atoms with Gasteiger partial charge < -0.3 is 5.11 Å². The monoisotopic (exact) mass is 380 g/mol. The first-order valence-corrected chi connectivity index (χ1v) is 10.7. The van der Waals surface area contributed by atoms with Crippen LogP contribution in [0.4, 0.5) is 25.2 Å². The quantitative estimate of drug-likeness (QED) is 0.508. The van der Waals surface area contributed by atoms with E-state index >= 15 is 0 Å². The number of benzene rings is 1. The summed E-state index contributed by atoms with van der Waals surface area (Å²) in [6.45, 7) is 4.12. The van der Waals surface area contributed by atoms with Crippen molar-refractivity contribution in [2.45, 2.75) is 12.8 Å². The third-order valence-corrected chi connectivity index (χ3v) is 7.88. The molecule has 1 heterocycles. The fraction of sp³-hybridized carbons (Fsp3) is 0.308. The molecule has 1 unspecified atom stereocenters. The molecule has 1 atom stereocenters. The molecule has 0 bridgehead atoms. The molecule has 1 aromatic rings. The summed E-state index contributed by atoms with van der Waals surface area (Å²) in [6, 6.07) is 10.1. The van der Waals surface area contributed by atoms with Crippen molar-refractivity contribution >= 4 is 26.3 Å². The van der Waals surface area contributed by atoms with Gasteiger partial charge in [-0.3, -0.25) is 0 Å². The van der Waals surface area contributed by atoms with Crippen molar-refractivity contribution < 1.29 is 35.1 Å². The van der Waals surface area contributed by atoms with Gasteiger partial charge in [0.25, 0.3) is 0 Å². The van der Waals surface area contributed by atoms with Gasteiger partial charge in [0.2, 0.25) is 0 Å². The van der Waals surface area contributed by atoms with Crippen molar-refractivity contribution in [3.63, 3.8) is 0 Å². The van der Waals surface area contributed by atoms with Crippen molar-refractivity contribution in [2.75, 3.05) is 12.3 Å². The normalized spacial score (nSPS) is 24.2. The van der Waals surface area contributed by atoms with E-state index in [-0.39, 0.29) is 6.16 Å². The summed E-state index contributed by atoms with van der Waals surface area (Å²) in [6.07, 6.45) is 3.38. The average molecular weight is 380 g/mol. The molecule has 1 fully saturated rings. The topological polar surface area (TPSA) is 37.3 Å². The maximum absolute atomic E-state index is 11.1. The van der Waals surface area contributed by atoms with Crippen LogP contribution in [0.25, 0.3) is 0 Å². The summed E-state index contributed by atoms with van der Waals surface area (Å²) < 4.78 is 59.2. The third kappa shape index (κ3) is 7.80. The Balaban J connectivity index is 0.000000322. The third-order valence-electron chi connectivity index (χ3n) is 3.27. The zero-order valence-electron chi connectivity index (χ0n) is 11.9. The molecule has 0 amide bonds. The van der Waals surface area contributed by atoms with Crippen molar-refractivity contribution in [1.29, 1.82) is 0 Å². The Kier molecular flexibility index (Phi) is 4.98. The predicted molar refractivity (Wildman–Crippen MR) is 82.3 cm³/mol. The van der Waals surface area contributed by atoms with E-state index in [9.17, 15) is 30.0 Å². The number of carbonyl (C=O) groups is 1. The van der Waals surface area contributed by atoms with Gasteiger partial charge in [-0.05, 0) is 18.6 Å². The van der Waals surface area contributed by atoms with Crippen LogP contribution in [0.3, 0.4) is 0 Å². The fourth-order valence-corrected chi connectivity index (χ4v) is 6.46. The van der Waals surface area contributed by atoms with Crippen molar-refractivity contribution in [3.05, 3.63) is 42.2 Å². The summed E-state index contributed by atoms with van der Waals surface area (Å²) in [7, 11) is -12.3. The molecular formula is C13H16F6O2P2. The Hall–Kier alpha value is -1.13. The molecule has 1 aromatic carbocycles. The van der Waals surface area contributed by atoms with Gasteiger partial charge in [0.05, 0.1) is 24.0 Å². The second-order valence-corrected chi connectivity index (χ2v) is 11.0. The van der Waals surface area contributed by atoms with Crippen molar-refractivity contribution in [3.8, 4) is 0 Å². The first-order chi connectivity index (χ1) is 10.1. The summed E-state index contributed by atoms with van der Waals surface area (Å²) in [5, 5.41) is 11.5. The molecule has 0 radical (unpaired) electrons. The number of carboxylic acids is 1. The van der Waals surface area contributed by atoms with Gasteiger partial charge in [-0.15, -0.1) is 0 Å². The fourth-order valence-electron chi connectivity index (χ4n) is 2.46. The molecule has 2 nitrogen and oxygen atoms in total. The van der Waals surface area contributed by atoms with Gasteiger partial charge in [0.15, 0.2) is 6.16 Å². The Morgan fingerprint density at radius 3 is 1.96 bits per heavy atom. The number of halogens is 6. The molecule has 0 aromatic heterocycles. The summed E-state index contributed by atoms with van der Waals surface area (Å²) in [5.41, 5.74) is 0. The standard InChI is InChI=1S/C13H15O2P.F6P/c1-11-6-5-9-16(11,10-13(14)15)12-7-3-2-4-8-12;1-7(2,3,4,5)6/h2-4,7-8H,1,5-6,9-10H2;/q;-1/p+1. The molecule has 1 aliphatic heterocycles. The van der Waals surface area contributed by atoms with E-state index in [1.165, 1.54) is 10.6 Å². The minimum absolute atomic E-state index is 0.274. The van der Waals surface area contributed by atoms with Crippen LogP contribution >= 0.6 is 15.1 Å². The first kappa shape index (κ1) is 19.9. The second kappa shape index (κ2) is 5.75. The number of hydrogen-bond acceptors (Lipinski definition) is 1. The maximum atomic E-state index is 11.1. The van der Waals surface area contributed by atoms with E-state index in [0.29, 0.717) is 0 Å². The molecule has 0 spiro atoms. The molecule has 1 aliphatic rings. The zero-order chi connectivity index (χ0) is 18.0. The van der Waals surface area contributed by atoms with E-state index in [1.807, 2.05) is 18.2 Å². The average Bonchev–Trinajstić information content (AvgIpc) is 2.68. The van der Waals surface area contributed by atoms with Crippen molar-refractivity contribution in [1.82, 2.24) is 0 Å². The first-order valence-electron chi connectivity index (χ1n) is 6.49. The Morgan fingerprint density at radius 1 is 1.13 bits per heavy atom. The molecule has 132 valence electrons. The molecular weight excluding hydrogens is 364 g/mol. The number of hydrogen-bond donors (Lipinski definition) is 1. The summed E-state index contributed by atoms with van der Waals surface area (Å²) >= 11 is 0. The van der Waals surface area contributed by atoms with E-state index in [1.54, 1.807) is 0 Å². The molecule has 0 aliphatic carbocycles. The number of aliphatic carboxylic acids is 1. The van der Waals surface area contributed by atoms with E-state index < -0.39 is 21.0 Å². The van der Waals surface area contributed by atoms with E-state index in [4.69, 9.17) is 5.11 Å². The van der Waals surface area contributed by atoms with Gasteiger partial charge >= 0.3 is 39.0 Å². The van der Waals surface area contributed by atoms with Crippen LogP contribution in [0.15, 0.2) is 42.2 Å². The van der Waals surface area contributed by atoms with Gasteiger partial charge in [-0.2, -0.15) is 0 Å². The molecule has 1 saturated heterocycles. The van der Waals surface area contributed by atoms with Crippen LogP contribution in [-0.2, 0) is 4.79 Å². The Labute approximate surface area is 129 Å². The van der Waals surface area contributed by atoms with Crippen LogP contribution in [0.1, 0.15) is 12.8 Å². The Bertz CT molecular complexity index is 588. The van der Waals surface area contributed by atoms with Gasteiger partial charge in [0.1, 0.15) is 0 Å². The number of carboxylic acid groups (broad SMARTS) is 1. The summed E-state index contributed by atoms with van der Waals surface area (Å²) in [5.74, 6) is -0.694. The van der Waals surface area contributed by atoms with Gasteiger partial charge in [-0.25, -0.2) is 4.79 Å². The second-order valence-electron chi connectivity index (χ2n) is 5.21. The van der Waals surface area contributed by atoms with E-state index in [0.717, 1.165) is 19.0 Å². The number of allylic oxidation sites excluding steroid dienone is 1. The van der Waals surface area contributed by atoms with Crippen LogP contribution in [0.5, 0.6) is 0 Å². The van der Waals surface area contributed by atoms with Crippen LogP contribution in [-0.4, -0.2) is 23.4 Å². The molecule has 0 saturated carbocycles.